The topological polar surface area (TPSA) is 138 Å². The van der Waals surface area contributed by atoms with Gasteiger partial charge in [0, 0.05) is 30.8 Å². The molecule has 3 aromatic heterocycles. The van der Waals surface area contributed by atoms with Gasteiger partial charge in [0.2, 0.25) is 10.0 Å². The van der Waals surface area contributed by atoms with Crippen molar-refractivity contribution in [3.63, 3.8) is 0 Å². The zero-order valence-electron chi connectivity index (χ0n) is 19.7. The number of sulfonamides is 1. The number of nitrogens with one attached hydrogen (secondary N) is 4. The fourth-order valence-electron chi connectivity index (χ4n) is 4.20. The molecule has 0 bridgehead atoms. The molecule has 0 saturated heterocycles. The number of fused-ring (bicyclic) bond motifs is 1. The van der Waals surface area contributed by atoms with Crippen LogP contribution >= 0.6 is 0 Å². The number of rotatable bonds is 8. The predicted octanol–water partition coefficient (Wildman–Crippen LogP) is 3.11. The minimum atomic E-state index is -3.47. The Hall–Kier alpha value is -4.22. The standard InChI is InChI=1S/C25H25N7O3S/c1-16-12-18(32-11-10-26-15-32)13-20-23(16)30-24(29-20)22-19(8-9-27-25(22)33)28-14-21(31-36(2,34)35)17-6-4-3-5-7-17/h3-13,15,21,31H,14H2,1-2H3,(H,29,30)(H2,27,28,33)/t21-/m1/s1. The van der Waals surface area contributed by atoms with E-state index in [0.29, 0.717) is 17.1 Å². The van der Waals surface area contributed by atoms with Crippen molar-refractivity contribution in [1.82, 2.24) is 29.2 Å². The molecule has 5 rings (SSSR count). The highest BCUT2D eigenvalue weighted by molar-refractivity contribution is 7.88. The second-order valence-corrected chi connectivity index (χ2v) is 10.3. The number of hydrogen-bond acceptors (Lipinski definition) is 6. The van der Waals surface area contributed by atoms with Crippen molar-refractivity contribution >= 4 is 26.7 Å². The number of nitrogens with zero attached hydrogens (tertiary/aromatic N) is 3. The molecular formula is C25H25N7O3S. The fourth-order valence-corrected chi connectivity index (χ4v) is 4.93. The monoisotopic (exact) mass is 503 g/mol. The Bertz CT molecular complexity index is 1670. The van der Waals surface area contributed by atoms with Gasteiger partial charge in [-0.05, 0) is 36.2 Å². The molecule has 10 nitrogen and oxygen atoms in total. The summed E-state index contributed by atoms with van der Waals surface area (Å²) >= 11 is 0. The number of aryl methyl sites for hydroxylation is 1. The Balaban J connectivity index is 1.51. The number of aromatic nitrogens is 5. The molecule has 2 aromatic carbocycles. The molecule has 0 fully saturated rings. The van der Waals surface area contributed by atoms with Crippen LogP contribution in [0.2, 0.25) is 0 Å². The van der Waals surface area contributed by atoms with Gasteiger partial charge in [-0.2, -0.15) is 0 Å². The maximum Gasteiger partial charge on any atom is 0.261 e. The summed E-state index contributed by atoms with van der Waals surface area (Å²) < 4.78 is 28.6. The predicted molar refractivity (Wildman–Crippen MR) is 140 cm³/mol. The van der Waals surface area contributed by atoms with Crippen molar-refractivity contribution in [3.8, 4) is 17.1 Å². The lowest BCUT2D eigenvalue weighted by Crippen LogP contribution is -2.32. The van der Waals surface area contributed by atoms with E-state index in [-0.39, 0.29) is 12.1 Å². The third-order valence-electron chi connectivity index (χ3n) is 5.82. The van der Waals surface area contributed by atoms with Crippen LogP contribution in [0.3, 0.4) is 0 Å². The second-order valence-electron chi connectivity index (χ2n) is 8.54. The van der Waals surface area contributed by atoms with Crippen LogP contribution in [0.4, 0.5) is 5.69 Å². The molecule has 1 atom stereocenters. The number of hydrogen-bond donors (Lipinski definition) is 4. The first-order valence-electron chi connectivity index (χ1n) is 11.3. The molecular weight excluding hydrogens is 478 g/mol. The summed E-state index contributed by atoms with van der Waals surface area (Å²) in [6.45, 7) is 2.18. The van der Waals surface area contributed by atoms with Gasteiger partial charge in [0.15, 0.2) is 0 Å². The Morgan fingerprint density at radius 1 is 1.14 bits per heavy atom. The zero-order chi connectivity index (χ0) is 25.3. The largest absolute Gasteiger partial charge is 0.382 e. The molecule has 0 unspecified atom stereocenters. The van der Waals surface area contributed by atoms with E-state index >= 15 is 0 Å². The highest BCUT2D eigenvalue weighted by Crippen LogP contribution is 2.28. The van der Waals surface area contributed by atoms with Crippen molar-refractivity contribution < 1.29 is 8.42 Å². The van der Waals surface area contributed by atoms with Crippen LogP contribution in [0.15, 0.2) is 78.2 Å². The number of imidazole rings is 2. The van der Waals surface area contributed by atoms with Gasteiger partial charge in [-0.1, -0.05) is 30.3 Å². The lowest BCUT2D eigenvalue weighted by atomic mass is 10.1. The minimum Gasteiger partial charge on any atom is -0.382 e. The van der Waals surface area contributed by atoms with E-state index in [0.717, 1.165) is 34.1 Å². The Kier molecular flexibility index (Phi) is 6.17. The van der Waals surface area contributed by atoms with Crippen LogP contribution < -0.4 is 15.6 Å². The van der Waals surface area contributed by atoms with E-state index in [1.807, 2.05) is 60.2 Å². The summed E-state index contributed by atoms with van der Waals surface area (Å²) in [5.74, 6) is 0.410. The first-order valence-corrected chi connectivity index (χ1v) is 13.1. The highest BCUT2D eigenvalue weighted by atomic mass is 32.2. The molecule has 0 aliphatic carbocycles. The smallest absolute Gasteiger partial charge is 0.261 e. The van der Waals surface area contributed by atoms with Crippen molar-refractivity contribution in [2.45, 2.75) is 13.0 Å². The van der Waals surface area contributed by atoms with Crippen molar-refractivity contribution in [2.75, 3.05) is 18.1 Å². The van der Waals surface area contributed by atoms with Crippen LogP contribution in [0.25, 0.3) is 28.1 Å². The molecule has 5 aromatic rings. The van der Waals surface area contributed by atoms with Gasteiger partial charge in [-0.25, -0.2) is 23.1 Å². The summed E-state index contributed by atoms with van der Waals surface area (Å²) in [5.41, 5.74) is 4.75. The van der Waals surface area contributed by atoms with E-state index in [2.05, 4.69) is 25.0 Å². The lowest BCUT2D eigenvalue weighted by Gasteiger charge is -2.20. The van der Waals surface area contributed by atoms with E-state index in [1.54, 1.807) is 24.8 Å². The number of anilines is 1. The average molecular weight is 504 g/mol. The fraction of sp³-hybridized carbons (Fsp3) is 0.160. The number of aromatic amines is 2. The van der Waals surface area contributed by atoms with Gasteiger partial charge in [0.1, 0.15) is 11.4 Å². The molecule has 0 saturated carbocycles. The highest BCUT2D eigenvalue weighted by Gasteiger charge is 2.19. The Morgan fingerprint density at radius 2 is 1.94 bits per heavy atom. The van der Waals surface area contributed by atoms with E-state index in [4.69, 9.17) is 4.98 Å². The third-order valence-corrected chi connectivity index (χ3v) is 6.53. The Labute approximate surface area is 207 Å². The number of benzene rings is 2. The molecule has 11 heteroatoms. The second kappa shape index (κ2) is 9.44. The maximum atomic E-state index is 12.9. The first kappa shape index (κ1) is 23.5. The molecule has 36 heavy (non-hydrogen) atoms. The van der Waals surface area contributed by atoms with Crippen LogP contribution in [-0.4, -0.2) is 45.7 Å². The van der Waals surface area contributed by atoms with Crippen LogP contribution in [0.5, 0.6) is 0 Å². The van der Waals surface area contributed by atoms with Crippen LogP contribution in [-0.2, 0) is 10.0 Å². The molecule has 184 valence electrons. The third kappa shape index (κ3) is 4.92. The first-order chi connectivity index (χ1) is 17.3. The number of H-pyrrole nitrogens is 2. The molecule has 4 N–H and O–H groups in total. The molecule has 0 radical (unpaired) electrons. The maximum absolute atomic E-state index is 12.9. The summed E-state index contributed by atoms with van der Waals surface area (Å²) in [7, 11) is -3.47. The van der Waals surface area contributed by atoms with Gasteiger partial charge in [-0.3, -0.25) is 4.79 Å². The van der Waals surface area contributed by atoms with E-state index < -0.39 is 16.1 Å². The summed E-state index contributed by atoms with van der Waals surface area (Å²) in [5, 5.41) is 3.25. The van der Waals surface area contributed by atoms with Gasteiger partial charge in [0.25, 0.3) is 5.56 Å². The molecule has 0 amide bonds. The normalized spacial score (nSPS) is 12.6. The van der Waals surface area contributed by atoms with Gasteiger partial charge >= 0.3 is 0 Å². The lowest BCUT2D eigenvalue weighted by molar-refractivity contribution is 0.568. The van der Waals surface area contributed by atoms with Crippen LogP contribution in [0.1, 0.15) is 17.2 Å². The average Bonchev–Trinajstić information content (AvgIpc) is 3.52. The summed E-state index contributed by atoms with van der Waals surface area (Å²) in [6, 6.07) is 14.4. The number of pyridine rings is 1. The van der Waals surface area contributed by atoms with Gasteiger partial charge in [-0.15, -0.1) is 0 Å². The minimum absolute atomic E-state index is 0.220. The van der Waals surface area contributed by atoms with Crippen LogP contribution in [0, 0.1) is 6.92 Å². The quantitative estimate of drug-likeness (QED) is 0.257. The zero-order valence-corrected chi connectivity index (χ0v) is 20.5. The van der Waals surface area contributed by atoms with Crippen molar-refractivity contribution in [3.05, 3.63) is 94.9 Å². The molecule has 3 heterocycles. The van der Waals surface area contributed by atoms with E-state index in [9.17, 15) is 13.2 Å². The molecule has 0 aliphatic heterocycles. The Morgan fingerprint density at radius 3 is 2.67 bits per heavy atom. The molecule has 0 spiro atoms. The van der Waals surface area contributed by atoms with Gasteiger partial charge in [0.05, 0.1) is 35.3 Å². The van der Waals surface area contributed by atoms with E-state index in [1.165, 1.54) is 0 Å². The summed E-state index contributed by atoms with van der Waals surface area (Å²) in [4.78, 5) is 27.7. The molecule has 0 aliphatic rings. The van der Waals surface area contributed by atoms with Crippen molar-refractivity contribution in [1.29, 1.82) is 0 Å². The van der Waals surface area contributed by atoms with Gasteiger partial charge < -0.3 is 19.9 Å². The summed E-state index contributed by atoms with van der Waals surface area (Å²) in [6.07, 6.45) is 7.95. The SMILES string of the molecule is Cc1cc(-n2ccnc2)cc2[nH]c(-c3c(NC[C@@H](NS(C)(=O)=O)c4ccccc4)cc[nH]c3=O)nc12. The van der Waals surface area contributed by atoms with Crippen molar-refractivity contribution in [2.24, 2.45) is 0 Å².